The zero-order valence-electron chi connectivity index (χ0n) is 13.8. The van der Waals surface area contributed by atoms with Crippen LogP contribution >= 0.6 is 11.6 Å². The summed E-state index contributed by atoms with van der Waals surface area (Å²) < 4.78 is 11.2. The van der Waals surface area contributed by atoms with E-state index in [2.05, 4.69) is 17.1 Å². The lowest BCUT2D eigenvalue weighted by atomic mass is 10.0. The average molecular weight is 327 g/mol. The Morgan fingerprint density at radius 1 is 1.41 bits per heavy atom. The average Bonchev–Trinajstić information content (AvgIpc) is 2.53. The van der Waals surface area contributed by atoms with Crippen LogP contribution in [0, 0.1) is 0 Å². The molecule has 1 aromatic rings. The summed E-state index contributed by atoms with van der Waals surface area (Å²) in [6.45, 7) is 5.81. The number of likely N-dealkylation sites (N-methyl/N-ethyl adjacent to an activating group) is 1. The van der Waals surface area contributed by atoms with Gasteiger partial charge in [0, 0.05) is 19.1 Å². The largest absolute Gasteiger partial charge is 0.493 e. The number of nitrogens with zero attached hydrogens (tertiary/aromatic N) is 1. The topological polar surface area (TPSA) is 33.7 Å². The normalized spacial score (nSPS) is 19.2. The van der Waals surface area contributed by atoms with Crippen molar-refractivity contribution in [2.24, 2.45) is 0 Å². The van der Waals surface area contributed by atoms with E-state index in [-0.39, 0.29) is 0 Å². The van der Waals surface area contributed by atoms with Crippen LogP contribution in [-0.4, -0.2) is 44.8 Å². The van der Waals surface area contributed by atoms with E-state index in [1.807, 2.05) is 19.2 Å². The summed E-state index contributed by atoms with van der Waals surface area (Å²) in [5.41, 5.74) is 1.17. The van der Waals surface area contributed by atoms with Crippen LogP contribution in [0.15, 0.2) is 12.1 Å². The second-order valence-electron chi connectivity index (χ2n) is 5.82. The van der Waals surface area contributed by atoms with E-state index in [1.165, 1.54) is 18.4 Å². The number of ether oxygens (including phenoxy) is 2. The van der Waals surface area contributed by atoms with Crippen LogP contribution in [-0.2, 0) is 6.54 Å². The fraction of sp³-hybridized carbons (Fsp3) is 0.647. The molecule has 124 valence electrons. The Kier molecular flexibility index (Phi) is 6.80. The third-order valence-electron chi connectivity index (χ3n) is 4.06. The maximum atomic E-state index is 6.39. The minimum atomic E-state index is 0.582. The Bertz CT molecular complexity index is 482. The van der Waals surface area contributed by atoms with Gasteiger partial charge >= 0.3 is 0 Å². The minimum absolute atomic E-state index is 0.582. The van der Waals surface area contributed by atoms with Gasteiger partial charge in [-0.05, 0) is 50.6 Å². The number of hydrogen-bond donors (Lipinski definition) is 1. The van der Waals surface area contributed by atoms with Crippen molar-refractivity contribution < 1.29 is 9.47 Å². The zero-order valence-corrected chi connectivity index (χ0v) is 14.6. The van der Waals surface area contributed by atoms with Crippen molar-refractivity contribution in [2.75, 3.05) is 33.9 Å². The van der Waals surface area contributed by atoms with E-state index in [0.29, 0.717) is 23.4 Å². The van der Waals surface area contributed by atoms with Gasteiger partial charge in [0.2, 0.25) is 0 Å². The maximum Gasteiger partial charge on any atom is 0.179 e. The molecular formula is C17H27ClN2O2. The number of piperidine rings is 1. The van der Waals surface area contributed by atoms with Gasteiger partial charge in [-0.1, -0.05) is 18.5 Å². The number of rotatable bonds is 7. The molecule has 2 rings (SSSR count). The fourth-order valence-electron chi connectivity index (χ4n) is 2.90. The summed E-state index contributed by atoms with van der Waals surface area (Å²) >= 11 is 6.39. The molecule has 1 aromatic carbocycles. The van der Waals surface area contributed by atoms with Crippen molar-refractivity contribution in [3.63, 3.8) is 0 Å². The molecule has 4 nitrogen and oxygen atoms in total. The van der Waals surface area contributed by atoms with Gasteiger partial charge in [0.05, 0.1) is 18.7 Å². The minimum Gasteiger partial charge on any atom is -0.493 e. The first kappa shape index (κ1) is 17.4. The molecule has 0 saturated carbocycles. The molecule has 0 amide bonds. The zero-order chi connectivity index (χ0) is 15.9. The fourth-order valence-corrected chi connectivity index (χ4v) is 3.19. The summed E-state index contributed by atoms with van der Waals surface area (Å²) in [5, 5.41) is 4.00. The molecule has 1 saturated heterocycles. The van der Waals surface area contributed by atoms with Gasteiger partial charge in [0.1, 0.15) is 0 Å². The summed E-state index contributed by atoms with van der Waals surface area (Å²) in [6, 6.07) is 4.62. The summed E-state index contributed by atoms with van der Waals surface area (Å²) in [7, 11) is 3.69. The molecule has 1 atom stereocenters. The molecule has 1 aliphatic rings. The van der Waals surface area contributed by atoms with E-state index in [1.54, 1.807) is 7.11 Å². The first-order valence-electron chi connectivity index (χ1n) is 8.06. The van der Waals surface area contributed by atoms with Crippen LogP contribution < -0.4 is 14.8 Å². The van der Waals surface area contributed by atoms with Crippen molar-refractivity contribution >= 4 is 11.6 Å². The monoisotopic (exact) mass is 326 g/mol. The molecule has 0 spiro atoms. The number of methoxy groups -OCH3 is 1. The highest BCUT2D eigenvalue weighted by molar-refractivity contribution is 6.32. The molecule has 1 fully saturated rings. The SMILES string of the molecule is CCCOc1c(Cl)cc(CN2CCCC(NC)C2)cc1OC. The number of benzene rings is 1. The Labute approximate surface area is 138 Å². The molecular weight excluding hydrogens is 300 g/mol. The molecule has 0 bridgehead atoms. The van der Waals surface area contributed by atoms with Gasteiger partial charge in [-0.15, -0.1) is 0 Å². The van der Waals surface area contributed by atoms with Gasteiger partial charge < -0.3 is 14.8 Å². The summed E-state index contributed by atoms with van der Waals surface area (Å²) in [5.74, 6) is 1.37. The van der Waals surface area contributed by atoms with Crippen LogP contribution in [0.2, 0.25) is 5.02 Å². The van der Waals surface area contributed by atoms with Crippen molar-refractivity contribution in [1.82, 2.24) is 10.2 Å². The highest BCUT2D eigenvalue weighted by Crippen LogP contribution is 2.37. The Hall–Kier alpha value is -0.970. The number of likely N-dealkylation sites (tertiary alicyclic amines) is 1. The van der Waals surface area contributed by atoms with Crippen LogP contribution in [0.5, 0.6) is 11.5 Å². The summed E-state index contributed by atoms with van der Waals surface area (Å²) in [4.78, 5) is 2.46. The van der Waals surface area contributed by atoms with Gasteiger partial charge in [0.25, 0.3) is 0 Å². The molecule has 1 aliphatic heterocycles. The highest BCUT2D eigenvalue weighted by Gasteiger charge is 2.19. The van der Waals surface area contributed by atoms with Gasteiger partial charge in [-0.25, -0.2) is 0 Å². The molecule has 1 N–H and O–H groups in total. The molecule has 1 heterocycles. The molecule has 5 heteroatoms. The Morgan fingerprint density at radius 3 is 2.91 bits per heavy atom. The Morgan fingerprint density at radius 2 is 2.23 bits per heavy atom. The van der Waals surface area contributed by atoms with Crippen molar-refractivity contribution in [2.45, 2.75) is 38.8 Å². The van der Waals surface area contributed by atoms with E-state index in [4.69, 9.17) is 21.1 Å². The van der Waals surface area contributed by atoms with E-state index in [0.717, 1.165) is 31.8 Å². The molecule has 1 unspecified atom stereocenters. The van der Waals surface area contributed by atoms with Crippen LogP contribution in [0.3, 0.4) is 0 Å². The standard InChI is InChI=1S/C17H27ClN2O2/c1-4-8-22-17-15(18)9-13(10-16(17)21-3)11-20-7-5-6-14(12-20)19-2/h9-10,14,19H,4-8,11-12H2,1-3H3. The smallest absolute Gasteiger partial charge is 0.179 e. The Balaban J connectivity index is 2.09. The van der Waals surface area contributed by atoms with E-state index >= 15 is 0 Å². The van der Waals surface area contributed by atoms with Crippen molar-refractivity contribution in [1.29, 1.82) is 0 Å². The van der Waals surface area contributed by atoms with Crippen molar-refractivity contribution in [3.8, 4) is 11.5 Å². The van der Waals surface area contributed by atoms with Crippen LogP contribution in [0.4, 0.5) is 0 Å². The lowest BCUT2D eigenvalue weighted by molar-refractivity contribution is 0.187. The highest BCUT2D eigenvalue weighted by atomic mass is 35.5. The molecule has 0 radical (unpaired) electrons. The summed E-state index contributed by atoms with van der Waals surface area (Å²) in [6.07, 6.45) is 3.43. The quantitative estimate of drug-likeness (QED) is 0.833. The lowest BCUT2D eigenvalue weighted by Crippen LogP contribution is -2.43. The predicted octanol–water partition coefficient (Wildman–Crippen LogP) is 3.32. The van der Waals surface area contributed by atoms with Crippen LogP contribution in [0.25, 0.3) is 0 Å². The molecule has 0 aliphatic carbocycles. The van der Waals surface area contributed by atoms with E-state index in [9.17, 15) is 0 Å². The third-order valence-corrected chi connectivity index (χ3v) is 4.34. The lowest BCUT2D eigenvalue weighted by Gasteiger charge is -2.32. The van der Waals surface area contributed by atoms with Gasteiger partial charge in [0.15, 0.2) is 11.5 Å². The van der Waals surface area contributed by atoms with Gasteiger partial charge in [-0.3, -0.25) is 4.90 Å². The number of nitrogens with one attached hydrogen (secondary N) is 1. The van der Waals surface area contributed by atoms with Crippen LogP contribution in [0.1, 0.15) is 31.7 Å². The second kappa shape index (κ2) is 8.61. The van der Waals surface area contributed by atoms with Crippen molar-refractivity contribution in [3.05, 3.63) is 22.7 Å². The third kappa shape index (κ3) is 4.51. The predicted molar refractivity (Wildman–Crippen MR) is 91.1 cm³/mol. The molecule has 0 aromatic heterocycles. The first-order chi connectivity index (χ1) is 10.7. The second-order valence-corrected chi connectivity index (χ2v) is 6.23. The van der Waals surface area contributed by atoms with E-state index < -0.39 is 0 Å². The number of halogens is 1. The number of hydrogen-bond acceptors (Lipinski definition) is 4. The molecule has 22 heavy (non-hydrogen) atoms. The first-order valence-corrected chi connectivity index (χ1v) is 8.44. The maximum absolute atomic E-state index is 6.39. The van der Waals surface area contributed by atoms with Gasteiger partial charge in [-0.2, -0.15) is 0 Å².